The predicted molar refractivity (Wildman–Crippen MR) is 60.3 cm³/mol. The van der Waals surface area contributed by atoms with Crippen LogP contribution in [0.15, 0.2) is 24.5 Å². The molecular weight excluding hydrogens is 233 g/mol. The van der Waals surface area contributed by atoms with Crippen molar-refractivity contribution in [2.45, 2.75) is 13.5 Å². The Hall–Kier alpha value is -1.06. The summed E-state index contributed by atoms with van der Waals surface area (Å²) >= 11 is 11.7. The molecule has 2 rings (SSSR count). The molecule has 0 aliphatic rings. The molecule has 0 aliphatic heterocycles. The lowest BCUT2D eigenvalue weighted by atomic mass is 10.3. The van der Waals surface area contributed by atoms with Crippen molar-refractivity contribution in [2.24, 2.45) is 0 Å². The summed E-state index contributed by atoms with van der Waals surface area (Å²) in [5, 5.41) is 5.19. The van der Waals surface area contributed by atoms with Gasteiger partial charge in [-0.3, -0.25) is 4.68 Å². The minimum Gasteiger partial charge on any atom is -0.265 e. The summed E-state index contributed by atoms with van der Waals surface area (Å²) < 4.78 is 1.86. The van der Waals surface area contributed by atoms with Crippen LogP contribution < -0.4 is 0 Å². The van der Waals surface area contributed by atoms with Crippen LogP contribution in [0.3, 0.4) is 0 Å². The smallest absolute Gasteiger partial charge is 0.130 e. The highest BCUT2D eigenvalue weighted by Gasteiger charge is 2.04. The molecule has 0 unspecified atom stereocenters. The summed E-state index contributed by atoms with van der Waals surface area (Å²) in [7, 11) is 0. The molecule has 0 amide bonds. The van der Waals surface area contributed by atoms with Gasteiger partial charge in [0.2, 0.25) is 0 Å². The quantitative estimate of drug-likeness (QED) is 0.758. The first-order chi connectivity index (χ1) is 7.16. The Kier molecular flexibility index (Phi) is 2.93. The third kappa shape index (κ3) is 2.30. The fraction of sp³-hybridized carbons (Fsp3) is 0.200. The molecule has 2 aromatic rings. The fourth-order valence-corrected chi connectivity index (χ4v) is 1.70. The van der Waals surface area contributed by atoms with E-state index < -0.39 is 0 Å². The second kappa shape index (κ2) is 4.21. The lowest BCUT2D eigenvalue weighted by Crippen LogP contribution is -2.04. The minimum atomic E-state index is 0.404. The topological polar surface area (TPSA) is 30.7 Å². The van der Waals surface area contributed by atoms with Crippen LogP contribution in [0, 0.1) is 6.92 Å². The first-order valence-corrected chi connectivity index (χ1v) is 5.21. The van der Waals surface area contributed by atoms with Crippen LogP contribution in [-0.4, -0.2) is 14.8 Å². The second-order valence-electron chi connectivity index (χ2n) is 3.23. The van der Waals surface area contributed by atoms with Crippen molar-refractivity contribution in [1.82, 2.24) is 14.8 Å². The fourth-order valence-electron chi connectivity index (χ4n) is 1.28. The SMILES string of the molecule is Cc1ccnn1Cc1cnc(Cl)cc1Cl. The molecule has 5 heteroatoms. The van der Waals surface area contributed by atoms with E-state index in [0.29, 0.717) is 16.7 Å². The number of aromatic nitrogens is 3. The third-order valence-electron chi connectivity index (χ3n) is 2.15. The Labute approximate surface area is 97.7 Å². The molecular formula is C10H9Cl2N3. The largest absolute Gasteiger partial charge is 0.265 e. The number of hydrogen-bond donors (Lipinski definition) is 0. The van der Waals surface area contributed by atoms with Crippen LogP contribution in [0.4, 0.5) is 0 Å². The summed E-state index contributed by atoms with van der Waals surface area (Å²) in [6, 6.07) is 3.58. The summed E-state index contributed by atoms with van der Waals surface area (Å²) in [5.41, 5.74) is 1.99. The van der Waals surface area contributed by atoms with Gasteiger partial charge < -0.3 is 0 Å². The average Bonchev–Trinajstić information content (AvgIpc) is 2.57. The zero-order valence-electron chi connectivity index (χ0n) is 8.11. The van der Waals surface area contributed by atoms with Crippen molar-refractivity contribution in [3.05, 3.63) is 46.0 Å². The molecule has 0 saturated carbocycles. The zero-order chi connectivity index (χ0) is 10.8. The molecule has 0 atom stereocenters. The van der Waals surface area contributed by atoms with Crippen molar-refractivity contribution in [3.8, 4) is 0 Å². The van der Waals surface area contributed by atoms with Gasteiger partial charge in [-0.15, -0.1) is 0 Å². The second-order valence-corrected chi connectivity index (χ2v) is 4.02. The first kappa shape index (κ1) is 10.5. The van der Waals surface area contributed by atoms with Gasteiger partial charge >= 0.3 is 0 Å². The van der Waals surface area contributed by atoms with E-state index in [1.54, 1.807) is 18.5 Å². The van der Waals surface area contributed by atoms with Gasteiger partial charge in [0.25, 0.3) is 0 Å². The zero-order valence-corrected chi connectivity index (χ0v) is 9.63. The Bertz CT molecular complexity index is 479. The number of aryl methyl sites for hydroxylation is 1. The highest BCUT2D eigenvalue weighted by molar-refractivity contribution is 6.34. The number of hydrogen-bond acceptors (Lipinski definition) is 2. The lowest BCUT2D eigenvalue weighted by molar-refractivity contribution is 0.663. The monoisotopic (exact) mass is 241 g/mol. The maximum Gasteiger partial charge on any atom is 0.130 e. The Morgan fingerprint density at radius 1 is 1.40 bits per heavy atom. The van der Waals surface area contributed by atoms with Crippen molar-refractivity contribution >= 4 is 23.2 Å². The standard InChI is InChI=1S/C10H9Cl2N3/c1-7-2-3-14-15(7)6-8-5-13-10(12)4-9(8)11/h2-5H,6H2,1H3. The van der Waals surface area contributed by atoms with Gasteiger partial charge in [0.1, 0.15) is 5.15 Å². The van der Waals surface area contributed by atoms with E-state index in [1.807, 2.05) is 17.7 Å². The van der Waals surface area contributed by atoms with Crippen LogP contribution >= 0.6 is 23.2 Å². The molecule has 0 aliphatic carbocycles. The highest BCUT2D eigenvalue weighted by atomic mass is 35.5. The van der Waals surface area contributed by atoms with E-state index in [9.17, 15) is 0 Å². The normalized spacial score (nSPS) is 10.6. The molecule has 0 N–H and O–H groups in total. The van der Waals surface area contributed by atoms with Crippen LogP contribution in [-0.2, 0) is 6.54 Å². The van der Waals surface area contributed by atoms with Crippen LogP contribution in [0.25, 0.3) is 0 Å². The van der Waals surface area contributed by atoms with Crippen LogP contribution in [0.2, 0.25) is 10.2 Å². The van der Waals surface area contributed by atoms with Gasteiger partial charge in [-0.1, -0.05) is 23.2 Å². The van der Waals surface area contributed by atoms with E-state index in [-0.39, 0.29) is 0 Å². The van der Waals surface area contributed by atoms with Crippen molar-refractivity contribution in [3.63, 3.8) is 0 Å². The summed E-state index contributed by atoms with van der Waals surface area (Å²) in [5.74, 6) is 0. The van der Waals surface area contributed by atoms with Crippen LogP contribution in [0.5, 0.6) is 0 Å². The minimum absolute atomic E-state index is 0.404. The lowest BCUT2D eigenvalue weighted by Gasteiger charge is -2.06. The maximum absolute atomic E-state index is 6.03. The van der Waals surface area contributed by atoms with Crippen LogP contribution in [0.1, 0.15) is 11.3 Å². The van der Waals surface area contributed by atoms with E-state index in [2.05, 4.69) is 10.1 Å². The molecule has 0 spiro atoms. The van der Waals surface area contributed by atoms with Crippen molar-refractivity contribution in [2.75, 3.05) is 0 Å². The van der Waals surface area contributed by atoms with Gasteiger partial charge in [-0.2, -0.15) is 5.10 Å². The van der Waals surface area contributed by atoms with E-state index in [0.717, 1.165) is 11.3 Å². The first-order valence-electron chi connectivity index (χ1n) is 4.45. The molecule has 15 heavy (non-hydrogen) atoms. The Morgan fingerprint density at radius 2 is 2.20 bits per heavy atom. The van der Waals surface area contributed by atoms with Gasteiger partial charge in [0.05, 0.1) is 11.6 Å². The maximum atomic E-state index is 6.03. The molecule has 0 saturated heterocycles. The Balaban J connectivity index is 2.29. The summed E-state index contributed by atoms with van der Waals surface area (Å²) in [4.78, 5) is 3.99. The molecule has 2 heterocycles. The molecule has 2 aromatic heterocycles. The molecule has 78 valence electrons. The molecule has 3 nitrogen and oxygen atoms in total. The molecule has 0 aromatic carbocycles. The van der Waals surface area contributed by atoms with Gasteiger partial charge in [-0.05, 0) is 19.1 Å². The number of nitrogens with zero attached hydrogens (tertiary/aromatic N) is 3. The average molecular weight is 242 g/mol. The summed E-state index contributed by atoms with van der Waals surface area (Å²) in [6.07, 6.45) is 3.43. The Morgan fingerprint density at radius 3 is 2.80 bits per heavy atom. The molecule has 0 fully saturated rings. The highest BCUT2D eigenvalue weighted by Crippen LogP contribution is 2.19. The third-order valence-corrected chi connectivity index (χ3v) is 2.70. The molecule has 0 bridgehead atoms. The van der Waals surface area contributed by atoms with Gasteiger partial charge in [-0.25, -0.2) is 4.98 Å². The molecule has 0 radical (unpaired) electrons. The van der Waals surface area contributed by atoms with E-state index in [4.69, 9.17) is 23.2 Å². The number of pyridine rings is 1. The van der Waals surface area contributed by atoms with Gasteiger partial charge in [0.15, 0.2) is 0 Å². The summed E-state index contributed by atoms with van der Waals surface area (Å²) in [6.45, 7) is 2.60. The van der Waals surface area contributed by atoms with Gasteiger partial charge in [0, 0.05) is 23.7 Å². The number of halogens is 2. The predicted octanol–water partition coefficient (Wildman–Crippen LogP) is 2.94. The number of rotatable bonds is 2. The van der Waals surface area contributed by atoms with Crippen molar-refractivity contribution in [1.29, 1.82) is 0 Å². The van der Waals surface area contributed by atoms with Crippen molar-refractivity contribution < 1.29 is 0 Å². The van der Waals surface area contributed by atoms with E-state index in [1.165, 1.54) is 0 Å². The van der Waals surface area contributed by atoms with E-state index >= 15 is 0 Å².